The van der Waals surface area contributed by atoms with Crippen LogP contribution in [0.1, 0.15) is 49.9 Å². The van der Waals surface area contributed by atoms with Crippen LogP contribution < -0.4 is 10.6 Å². The Bertz CT molecular complexity index is 1330. The normalized spacial score (nSPS) is 16.6. The van der Waals surface area contributed by atoms with E-state index in [2.05, 4.69) is 88.4 Å². The predicted molar refractivity (Wildman–Crippen MR) is 144 cm³/mol. The molecule has 0 heterocycles. The van der Waals surface area contributed by atoms with Gasteiger partial charge in [0.1, 0.15) is 0 Å². The van der Waals surface area contributed by atoms with Crippen molar-refractivity contribution in [2.45, 2.75) is 51.4 Å². The second-order valence-corrected chi connectivity index (χ2v) is 12.9. The molecule has 34 heavy (non-hydrogen) atoms. The first kappa shape index (κ1) is 21.5. The van der Waals surface area contributed by atoms with E-state index in [1.165, 1.54) is 44.5 Å². The van der Waals surface area contributed by atoms with Gasteiger partial charge in [-0.1, -0.05) is 68.7 Å². The van der Waals surface area contributed by atoms with Crippen molar-refractivity contribution < 1.29 is 4.57 Å². The molecular weight excluding hydrogens is 431 g/mol. The molecule has 2 aliphatic carbocycles. The number of hydrogen-bond acceptors (Lipinski definition) is 1. The lowest BCUT2D eigenvalue weighted by Gasteiger charge is -2.17. The Morgan fingerprint density at radius 2 is 0.941 bits per heavy atom. The van der Waals surface area contributed by atoms with Gasteiger partial charge < -0.3 is 0 Å². The van der Waals surface area contributed by atoms with Gasteiger partial charge in [-0.3, -0.25) is 0 Å². The van der Waals surface area contributed by atoms with Crippen LogP contribution in [0.25, 0.3) is 22.3 Å². The van der Waals surface area contributed by atoms with Crippen LogP contribution in [0, 0.1) is 0 Å². The molecular formula is C32H30OP+. The molecule has 4 aromatic carbocycles. The number of benzene rings is 4. The van der Waals surface area contributed by atoms with E-state index in [-0.39, 0.29) is 10.8 Å². The Balaban J connectivity index is 1.22. The maximum absolute atomic E-state index is 13.3. The molecule has 4 aromatic rings. The highest BCUT2D eigenvalue weighted by molar-refractivity contribution is 7.61. The van der Waals surface area contributed by atoms with Gasteiger partial charge in [0.15, 0.2) is 10.6 Å². The third-order valence-electron chi connectivity index (χ3n) is 7.86. The van der Waals surface area contributed by atoms with Crippen molar-refractivity contribution in [2.24, 2.45) is 0 Å². The molecule has 0 amide bonds. The zero-order valence-corrected chi connectivity index (χ0v) is 21.2. The Kier molecular flexibility index (Phi) is 4.74. The van der Waals surface area contributed by atoms with Crippen molar-refractivity contribution >= 4 is 18.4 Å². The lowest BCUT2D eigenvalue weighted by molar-refractivity contribution is 0.547. The minimum atomic E-state index is -1.62. The summed E-state index contributed by atoms with van der Waals surface area (Å²) in [6, 6.07) is 30.3. The third kappa shape index (κ3) is 3.46. The van der Waals surface area contributed by atoms with Crippen molar-refractivity contribution in [2.75, 3.05) is 0 Å². The van der Waals surface area contributed by atoms with Crippen LogP contribution in [-0.2, 0) is 28.2 Å². The minimum absolute atomic E-state index is 0.222. The van der Waals surface area contributed by atoms with Gasteiger partial charge in [0, 0.05) is 0 Å². The van der Waals surface area contributed by atoms with Crippen LogP contribution in [0.3, 0.4) is 0 Å². The Morgan fingerprint density at radius 1 is 0.559 bits per heavy atom. The van der Waals surface area contributed by atoms with E-state index in [1.807, 2.05) is 24.3 Å². The standard InChI is InChI=1S/C32H30OP/c1-31(2)19-23-17-25(31)9-15-29(23)21-5-11-27(12-6-21)34(33)28-13-7-22(8-14-28)30-16-10-26-18-24(30)20-32(26,3)4/h5-18H,19-20H2,1-4H3/q+1. The molecule has 0 unspecified atom stereocenters. The van der Waals surface area contributed by atoms with E-state index in [1.54, 1.807) is 0 Å². The highest BCUT2D eigenvalue weighted by Gasteiger charge is 2.31. The van der Waals surface area contributed by atoms with Crippen molar-refractivity contribution in [3.63, 3.8) is 0 Å². The summed E-state index contributed by atoms with van der Waals surface area (Å²) in [5.41, 5.74) is 11.1. The third-order valence-corrected chi connectivity index (χ3v) is 9.40. The summed E-state index contributed by atoms with van der Waals surface area (Å²) in [7, 11) is -1.62. The lowest BCUT2D eigenvalue weighted by Crippen LogP contribution is -2.13. The van der Waals surface area contributed by atoms with E-state index in [0.29, 0.717) is 0 Å². The Hall–Kier alpha value is -3.02. The van der Waals surface area contributed by atoms with Crippen LogP contribution in [0.4, 0.5) is 0 Å². The average Bonchev–Trinajstić information content (AvgIpc) is 3.20. The second kappa shape index (κ2) is 7.49. The van der Waals surface area contributed by atoms with Gasteiger partial charge in [0.05, 0.1) is 0 Å². The molecule has 0 saturated carbocycles. The molecule has 0 fully saturated rings. The van der Waals surface area contributed by atoms with Crippen LogP contribution in [0.15, 0.2) is 84.9 Å². The molecule has 0 N–H and O–H groups in total. The summed E-state index contributed by atoms with van der Waals surface area (Å²) >= 11 is 0. The fourth-order valence-electron chi connectivity index (χ4n) is 5.74. The summed E-state index contributed by atoms with van der Waals surface area (Å²) in [4.78, 5) is 0. The summed E-state index contributed by atoms with van der Waals surface area (Å²) < 4.78 is 13.3. The van der Waals surface area contributed by atoms with Gasteiger partial charge in [-0.2, -0.15) is 0 Å². The first-order valence-electron chi connectivity index (χ1n) is 12.2. The monoisotopic (exact) mass is 461 g/mol. The van der Waals surface area contributed by atoms with Gasteiger partial charge in [-0.15, -0.1) is 0 Å². The predicted octanol–water partition coefficient (Wildman–Crippen LogP) is 7.47. The highest BCUT2D eigenvalue weighted by atomic mass is 31.1. The molecule has 0 aliphatic heterocycles. The average molecular weight is 462 g/mol. The van der Waals surface area contributed by atoms with E-state index >= 15 is 0 Å². The molecule has 2 aliphatic rings. The summed E-state index contributed by atoms with van der Waals surface area (Å²) in [6.45, 7) is 9.23. The fourth-order valence-corrected chi connectivity index (χ4v) is 6.88. The van der Waals surface area contributed by atoms with Gasteiger partial charge in [0.2, 0.25) is 0 Å². The number of hydrogen-bond donors (Lipinski definition) is 0. The molecule has 2 heteroatoms. The van der Waals surface area contributed by atoms with Crippen LogP contribution in [0.5, 0.6) is 0 Å². The highest BCUT2D eigenvalue weighted by Crippen LogP contribution is 2.41. The van der Waals surface area contributed by atoms with Crippen molar-refractivity contribution in [3.8, 4) is 22.3 Å². The molecule has 4 bridgehead atoms. The molecule has 6 rings (SSSR count). The van der Waals surface area contributed by atoms with Crippen LogP contribution in [0.2, 0.25) is 0 Å². The Labute approximate surface area is 203 Å². The minimum Gasteiger partial charge on any atom is -0.0613 e. The van der Waals surface area contributed by atoms with Crippen molar-refractivity contribution in [1.82, 2.24) is 0 Å². The summed E-state index contributed by atoms with van der Waals surface area (Å²) in [5, 5.41) is 1.76. The summed E-state index contributed by atoms with van der Waals surface area (Å²) in [6.07, 6.45) is 2.16. The number of rotatable bonds is 4. The van der Waals surface area contributed by atoms with E-state index < -0.39 is 7.80 Å². The van der Waals surface area contributed by atoms with E-state index in [0.717, 1.165) is 23.5 Å². The molecule has 0 spiro atoms. The SMILES string of the molecule is CC1(C)Cc2cc1ccc2-c1ccc([P+](=O)c2ccc(-c3ccc4cc3CC4(C)C)cc2)cc1. The van der Waals surface area contributed by atoms with Gasteiger partial charge in [0.25, 0.3) is 0 Å². The lowest BCUT2D eigenvalue weighted by atomic mass is 9.87. The zero-order valence-electron chi connectivity index (χ0n) is 20.4. The van der Waals surface area contributed by atoms with Gasteiger partial charge >= 0.3 is 7.80 Å². The molecule has 0 atom stereocenters. The largest absolute Gasteiger partial charge is 0.415 e. The maximum atomic E-state index is 13.3. The first-order chi connectivity index (χ1) is 16.2. The van der Waals surface area contributed by atoms with E-state index in [4.69, 9.17) is 0 Å². The molecule has 1 nitrogen and oxygen atoms in total. The topological polar surface area (TPSA) is 17.1 Å². The molecule has 0 radical (unpaired) electrons. The quantitative estimate of drug-likeness (QED) is 0.288. The zero-order chi connectivity index (χ0) is 23.7. The van der Waals surface area contributed by atoms with Crippen LogP contribution >= 0.6 is 7.80 Å². The maximum Gasteiger partial charge on any atom is 0.415 e. The van der Waals surface area contributed by atoms with Crippen molar-refractivity contribution in [1.29, 1.82) is 0 Å². The smallest absolute Gasteiger partial charge is 0.0613 e. The Morgan fingerprint density at radius 3 is 1.32 bits per heavy atom. The van der Waals surface area contributed by atoms with Gasteiger partial charge in [-0.25, -0.2) is 0 Å². The van der Waals surface area contributed by atoms with Crippen molar-refractivity contribution in [3.05, 3.63) is 107 Å². The molecule has 168 valence electrons. The molecule has 0 saturated heterocycles. The first-order valence-corrected chi connectivity index (χ1v) is 13.4. The number of fused-ring (bicyclic) bond motifs is 4. The summed E-state index contributed by atoms with van der Waals surface area (Å²) in [5.74, 6) is 0. The molecule has 0 aromatic heterocycles. The second-order valence-electron chi connectivity index (χ2n) is 11.3. The fraction of sp³-hybridized carbons (Fsp3) is 0.250. The van der Waals surface area contributed by atoms with E-state index in [9.17, 15) is 4.57 Å². The van der Waals surface area contributed by atoms with Gasteiger partial charge in [-0.05, 0) is 117 Å². The van der Waals surface area contributed by atoms with Crippen LogP contribution in [-0.4, -0.2) is 0 Å².